The lowest BCUT2D eigenvalue weighted by Gasteiger charge is -2.17. The molecule has 0 spiro atoms. The van der Waals surface area contributed by atoms with Crippen LogP contribution < -0.4 is 10.6 Å². The smallest absolute Gasteiger partial charge is 0.294 e. The van der Waals surface area contributed by atoms with Crippen molar-refractivity contribution in [1.29, 1.82) is 0 Å². The average molecular weight is 335 g/mol. The lowest BCUT2D eigenvalue weighted by molar-refractivity contribution is 0.429. The highest BCUT2D eigenvalue weighted by Gasteiger charge is 2.18. The van der Waals surface area contributed by atoms with Crippen molar-refractivity contribution in [2.75, 3.05) is 17.7 Å². The minimum Gasteiger partial charge on any atom is -0.368 e. The number of nitrogens with one attached hydrogen (secondary N) is 1. The van der Waals surface area contributed by atoms with E-state index in [2.05, 4.69) is 35.1 Å². The lowest BCUT2D eigenvalue weighted by Crippen LogP contribution is -2.15. The standard InChI is InChI=1S/C15H13N9O/c1-24(9-5-3-2-4-6-9)15-21-10(20-14(16)22-15)11-19-13(25-23-11)12-17-7-8-18-12/h2-8H,1H3,(H,17,18)(H2,16,20,21,22). The fraction of sp³-hybridized carbons (Fsp3) is 0.0667. The predicted molar refractivity (Wildman–Crippen MR) is 89.6 cm³/mol. The highest BCUT2D eigenvalue weighted by molar-refractivity contribution is 5.59. The van der Waals surface area contributed by atoms with Gasteiger partial charge in [-0.25, -0.2) is 4.98 Å². The van der Waals surface area contributed by atoms with Gasteiger partial charge in [0.2, 0.25) is 23.5 Å². The van der Waals surface area contributed by atoms with Crippen molar-refractivity contribution in [3.63, 3.8) is 0 Å². The zero-order valence-corrected chi connectivity index (χ0v) is 13.2. The molecular weight excluding hydrogens is 322 g/mol. The summed E-state index contributed by atoms with van der Waals surface area (Å²) in [7, 11) is 1.83. The largest absolute Gasteiger partial charge is 0.368 e. The molecule has 0 fully saturated rings. The van der Waals surface area contributed by atoms with Crippen LogP contribution in [0, 0.1) is 0 Å². The van der Waals surface area contributed by atoms with Gasteiger partial charge in [-0.1, -0.05) is 23.4 Å². The monoisotopic (exact) mass is 335 g/mol. The number of aromatic amines is 1. The fourth-order valence-electron chi connectivity index (χ4n) is 2.19. The Morgan fingerprint density at radius 3 is 2.64 bits per heavy atom. The molecule has 0 aliphatic carbocycles. The maximum absolute atomic E-state index is 5.82. The van der Waals surface area contributed by atoms with Gasteiger partial charge in [-0.2, -0.15) is 19.9 Å². The third-order valence-corrected chi connectivity index (χ3v) is 3.41. The molecule has 0 amide bonds. The fourth-order valence-corrected chi connectivity index (χ4v) is 2.19. The van der Waals surface area contributed by atoms with Crippen molar-refractivity contribution in [2.24, 2.45) is 0 Å². The molecule has 3 N–H and O–H groups in total. The van der Waals surface area contributed by atoms with E-state index in [0.29, 0.717) is 11.8 Å². The summed E-state index contributed by atoms with van der Waals surface area (Å²) >= 11 is 0. The molecule has 4 aromatic rings. The molecule has 3 heterocycles. The van der Waals surface area contributed by atoms with Crippen molar-refractivity contribution >= 4 is 17.6 Å². The van der Waals surface area contributed by atoms with E-state index < -0.39 is 0 Å². The Labute approximate surface area is 141 Å². The van der Waals surface area contributed by atoms with Crippen LogP contribution in [-0.2, 0) is 0 Å². The highest BCUT2D eigenvalue weighted by atomic mass is 16.5. The quantitative estimate of drug-likeness (QED) is 0.570. The molecule has 0 bridgehead atoms. The first-order valence-electron chi connectivity index (χ1n) is 7.35. The Morgan fingerprint density at radius 1 is 1.04 bits per heavy atom. The predicted octanol–water partition coefficient (Wildman–Crippen LogP) is 1.66. The Hall–Kier alpha value is -3.82. The first kappa shape index (κ1) is 14.8. The number of aromatic nitrogens is 7. The van der Waals surface area contributed by atoms with Crippen LogP contribution in [-0.4, -0.2) is 42.1 Å². The molecule has 0 unspecified atom stereocenters. The summed E-state index contributed by atoms with van der Waals surface area (Å²) in [5, 5.41) is 3.88. The normalized spacial score (nSPS) is 10.8. The van der Waals surface area contributed by atoms with E-state index in [9.17, 15) is 0 Å². The number of anilines is 3. The molecule has 4 rings (SSSR count). The summed E-state index contributed by atoms with van der Waals surface area (Å²) in [6.45, 7) is 0. The molecule has 124 valence electrons. The lowest BCUT2D eigenvalue weighted by atomic mass is 10.3. The Morgan fingerprint density at radius 2 is 1.88 bits per heavy atom. The third-order valence-electron chi connectivity index (χ3n) is 3.41. The van der Waals surface area contributed by atoms with Crippen molar-refractivity contribution < 1.29 is 4.52 Å². The number of nitrogen functional groups attached to an aromatic ring is 1. The number of rotatable bonds is 4. The van der Waals surface area contributed by atoms with Gasteiger partial charge in [-0.15, -0.1) is 0 Å². The van der Waals surface area contributed by atoms with Gasteiger partial charge in [0.1, 0.15) is 0 Å². The van der Waals surface area contributed by atoms with Gasteiger partial charge in [0.25, 0.3) is 5.89 Å². The summed E-state index contributed by atoms with van der Waals surface area (Å²) in [4.78, 5) is 25.6. The molecule has 0 aliphatic rings. The van der Waals surface area contributed by atoms with Crippen molar-refractivity contribution in [3.8, 4) is 23.4 Å². The third kappa shape index (κ3) is 2.87. The maximum atomic E-state index is 5.82. The van der Waals surface area contributed by atoms with Gasteiger partial charge in [0, 0.05) is 25.1 Å². The number of hydrogen-bond acceptors (Lipinski definition) is 9. The average Bonchev–Trinajstić information content (AvgIpc) is 3.32. The Bertz CT molecular complexity index is 981. The van der Waals surface area contributed by atoms with E-state index >= 15 is 0 Å². The van der Waals surface area contributed by atoms with Gasteiger partial charge in [-0.05, 0) is 12.1 Å². The maximum Gasteiger partial charge on any atom is 0.294 e. The number of H-pyrrole nitrogens is 1. The highest BCUT2D eigenvalue weighted by Crippen LogP contribution is 2.23. The second kappa shape index (κ2) is 6.00. The second-order valence-electron chi connectivity index (χ2n) is 5.07. The number of nitrogens with zero attached hydrogens (tertiary/aromatic N) is 7. The molecule has 0 saturated carbocycles. The van der Waals surface area contributed by atoms with Gasteiger partial charge < -0.3 is 20.1 Å². The van der Waals surface area contributed by atoms with Crippen LogP contribution in [0.1, 0.15) is 0 Å². The topological polar surface area (TPSA) is 136 Å². The summed E-state index contributed by atoms with van der Waals surface area (Å²) in [5.41, 5.74) is 6.73. The minimum atomic E-state index is 0.0622. The van der Waals surface area contributed by atoms with Crippen LogP contribution in [0.15, 0.2) is 47.2 Å². The number of imidazole rings is 1. The minimum absolute atomic E-state index is 0.0622. The molecule has 25 heavy (non-hydrogen) atoms. The van der Waals surface area contributed by atoms with E-state index in [0.717, 1.165) is 5.69 Å². The second-order valence-corrected chi connectivity index (χ2v) is 5.07. The van der Waals surface area contributed by atoms with Gasteiger partial charge in [-0.3, -0.25) is 0 Å². The molecule has 0 radical (unpaired) electrons. The van der Waals surface area contributed by atoms with E-state index in [1.807, 2.05) is 37.4 Å². The molecule has 0 aliphatic heterocycles. The van der Waals surface area contributed by atoms with Crippen molar-refractivity contribution in [2.45, 2.75) is 0 Å². The van der Waals surface area contributed by atoms with Gasteiger partial charge in [0.15, 0.2) is 5.82 Å². The summed E-state index contributed by atoms with van der Waals surface area (Å²) < 4.78 is 5.18. The molecular formula is C15H13N9O. The van der Waals surface area contributed by atoms with E-state index in [-0.39, 0.29) is 23.5 Å². The van der Waals surface area contributed by atoms with E-state index in [1.54, 1.807) is 17.3 Å². The summed E-state index contributed by atoms with van der Waals surface area (Å²) in [6.07, 6.45) is 3.25. The first-order chi connectivity index (χ1) is 12.2. The first-order valence-corrected chi connectivity index (χ1v) is 7.35. The summed E-state index contributed by atoms with van der Waals surface area (Å²) in [5.74, 6) is 1.54. The number of hydrogen-bond donors (Lipinski definition) is 2. The van der Waals surface area contributed by atoms with E-state index in [1.165, 1.54) is 0 Å². The van der Waals surface area contributed by atoms with Crippen LogP contribution in [0.4, 0.5) is 17.6 Å². The SMILES string of the molecule is CN(c1ccccc1)c1nc(N)nc(-c2noc(-c3ncc[nH]3)n2)n1. The molecule has 10 nitrogen and oxygen atoms in total. The Kier molecular flexibility index (Phi) is 3.54. The molecule has 0 atom stereocenters. The molecule has 3 aromatic heterocycles. The zero-order chi connectivity index (χ0) is 17.2. The van der Waals surface area contributed by atoms with Crippen LogP contribution >= 0.6 is 0 Å². The van der Waals surface area contributed by atoms with Crippen LogP contribution in [0.3, 0.4) is 0 Å². The van der Waals surface area contributed by atoms with Gasteiger partial charge in [0.05, 0.1) is 0 Å². The number of nitrogens with two attached hydrogens (primary N) is 1. The number of benzene rings is 1. The number of para-hydroxylation sites is 1. The van der Waals surface area contributed by atoms with Crippen LogP contribution in [0.25, 0.3) is 23.4 Å². The van der Waals surface area contributed by atoms with Crippen LogP contribution in [0.2, 0.25) is 0 Å². The Balaban J connectivity index is 1.71. The molecule has 1 aromatic carbocycles. The van der Waals surface area contributed by atoms with E-state index in [4.69, 9.17) is 10.3 Å². The molecule has 0 saturated heterocycles. The summed E-state index contributed by atoms with van der Waals surface area (Å²) in [6, 6.07) is 9.64. The van der Waals surface area contributed by atoms with Gasteiger partial charge >= 0.3 is 0 Å². The molecule has 10 heteroatoms. The van der Waals surface area contributed by atoms with Crippen molar-refractivity contribution in [3.05, 3.63) is 42.7 Å². The zero-order valence-electron chi connectivity index (χ0n) is 13.2. The van der Waals surface area contributed by atoms with Crippen molar-refractivity contribution in [1.82, 2.24) is 35.1 Å². The van der Waals surface area contributed by atoms with Crippen LogP contribution in [0.5, 0.6) is 0 Å².